The molecule has 0 amide bonds. The second kappa shape index (κ2) is 6.09. The molecule has 1 saturated heterocycles. The zero-order valence-corrected chi connectivity index (χ0v) is 11.7. The normalized spacial score (nSPS) is 28.8. The molecule has 0 nitrogen and oxygen atoms in total. The minimum atomic E-state index is 0.891. The van der Waals surface area contributed by atoms with E-state index in [-0.39, 0.29) is 0 Å². The second-order valence-corrected chi connectivity index (χ2v) is 6.34. The van der Waals surface area contributed by atoms with Gasteiger partial charge in [0.05, 0.1) is 0 Å². The van der Waals surface area contributed by atoms with Crippen LogP contribution in [-0.2, 0) is 0 Å². The van der Waals surface area contributed by atoms with Crippen molar-refractivity contribution in [1.82, 2.24) is 0 Å². The minimum Gasteiger partial charge on any atom is -0.104 e. The van der Waals surface area contributed by atoms with Crippen molar-refractivity contribution in [3.8, 4) is 0 Å². The number of rotatable bonds is 5. The Morgan fingerprint density at radius 2 is 2.38 bits per heavy atom. The van der Waals surface area contributed by atoms with Crippen molar-refractivity contribution in [1.29, 1.82) is 0 Å². The molecule has 2 heteroatoms. The van der Waals surface area contributed by atoms with Gasteiger partial charge in [0.1, 0.15) is 6.71 Å². The summed E-state index contributed by atoms with van der Waals surface area (Å²) in [6.45, 7) is 4.81. The summed E-state index contributed by atoms with van der Waals surface area (Å²) in [5.74, 6) is 1.88. The van der Waals surface area contributed by atoms with Crippen molar-refractivity contribution in [3.63, 3.8) is 0 Å². The Kier molecular flexibility index (Phi) is 4.75. The lowest BCUT2D eigenvalue weighted by Crippen LogP contribution is -2.30. The van der Waals surface area contributed by atoms with Gasteiger partial charge in [-0.15, -0.1) is 6.58 Å². The lowest BCUT2D eigenvalue weighted by Gasteiger charge is -2.36. The third-order valence-corrected chi connectivity index (χ3v) is 4.65. The van der Waals surface area contributed by atoms with Gasteiger partial charge in [-0.1, -0.05) is 52.6 Å². The molecular weight excluding hydrogens is 259 g/mol. The smallest absolute Gasteiger partial charge is 0.104 e. The standard InChI is InChI=1S/C14H22BBr/c1-2-5-15-10-13-7-12(4-3-6-16)8-14(9-13)11-15/h2,7,13-14H,1,3-6,8-11H2. The fourth-order valence-electron chi connectivity index (χ4n) is 3.60. The van der Waals surface area contributed by atoms with Gasteiger partial charge in [-0.25, -0.2) is 0 Å². The Labute approximate surface area is 109 Å². The van der Waals surface area contributed by atoms with E-state index in [1.165, 1.54) is 44.6 Å². The predicted molar refractivity (Wildman–Crippen MR) is 77.7 cm³/mol. The summed E-state index contributed by atoms with van der Waals surface area (Å²) < 4.78 is 0. The SMILES string of the molecule is C=CCB1CC2C=C(CCCBr)CC(C1)C2. The van der Waals surface area contributed by atoms with Crippen molar-refractivity contribution >= 4 is 22.6 Å². The van der Waals surface area contributed by atoms with Crippen molar-refractivity contribution < 1.29 is 0 Å². The van der Waals surface area contributed by atoms with Gasteiger partial charge in [0.15, 0.2) is 0 Å². The van der Waals surface area contributed by atoms with Crippen LogP contribution < -0.4 is 0 Å². The van der Waals surface area contributed by atoms with E-state index >= 15 is 0 Å². The van der Waals surface area contributed by atoms with Gasteiger partial charge in [0.25, 0.3) is 0 Å². The highest BCUT2D eigenvalue weighted by molar-refractivity contribution is 9.09. The Morgan fingerprint density at radius 3 is 3.06 bits per heavy atom. The summed E-state index contributed by atoms with van der Waals surface area (Å²) in [7, 11) is 0. The number of alkyl halides is 1. The first-order valence-corrected chi connectivity index (χ1v) is 7.80. The Bertz CT molecular complexity index is 272. The van der Waals surface area contributed by atoms with E-state index in [1.807, 2.05) is 0 Å². The molecule has 1 aliphatic carbocycles. The van der Waals surface area contributed by atoms with E-state index < -0.39 is 0 Å². The lowest BCUT2D eigenvalue weighted by molar-refractivity contribution is 0.402. The molecule has 0 N–H and O–H groups in total. The fraction of sp³-hybridized carbons (Fsp3) is 0.714. The lowest BCUT2D eigenvalue weighted by atomic mass is 9.35. The van der Waals surface area contributed by atoms with E-state index in [4.69, 9.17) is 0 Å². The predicted octanol–water partition coefficient (Wildman–Crippen LogP) is 4.81. The highest BCUT2D eigenvalue weighted by atomic mass is 79.9. The first kappa shape index (κ1) is 12.5. The maximum Gasteiger partial charge on any atom is 0.144 e. The maximum absolute atomic E-state index is 3.88. The second-order valence-electron chi connectivity index (χ2n) is 5.55. The molecule has 2 rings (SSSR count). The molecule has 0 spiro atoms. The number of halogens is 1. The van der Waals surface area contributed by atoms with Gasteiger partial charge >= 0.3 is 0 Å². The molecule has 0 aromatic rings. The number of hydrogen-bond acceptors (Lipinski definition) is 0. The van der Waals surface area contributed by atoms with Gasteiger partial charge in [-0.3, -0.25) is 0 Å². The molecule has 2 unspecified atom stereocenters. The molecule has 0 saturated carbocycles. The molecule has 1 aliphatic heterocycles. The topological polar surface area (TPSA) is 0 Å². The molecule has 0 radical (unpaired) electrons. The number of fused-ring (bicyclic) bond motifs is 2. The summed E-state index contributed by atoms with van der Waals surface area (Å²) in [4.78, 5) is 0. The summed E-state index contributed by atoms with van der Waals surface area (Å²) in [6.07, 6.45) is 14.3. The van der Waals surface area contributed by atoms with Gasteiger partial charge in [-0.05, 0) is 37.5 Å². The Morgan fingerprint density at radius 1 is 1.50 bits per heavy atom. The monoisotopic (exact) mass is 280 g/mol. The van der Waals surface area contributed by atoms with E-state index in [0.717, 1.165) is 23.9 Å². The van der Waals surface area contributed by atoms with Crippen LogP contribution >= 0.6 is 15.9 Å². The van der Waals surface area contributed by atoms with Crippen LogP contribution in [0.15, 0.2) is 24.3 Å². The van der Waals surface area contributed by atoms with Crippen molar-refractivity contribution in [3.05, 3.63) is 24.3 Å². The Hall–Kier alpha value is 0.0249. The third kappa shape index (κ3) is 3.26. The zero-order chi connectivity index (χ0) is 11.4. The number of hydrogen-bond donors (Lipinski definition) is 0. The molecular formula is C14H22BBr. The first-order chi connectivity index (χ1) is 7.81. The molecule has 2 aliphatic rings. The van der Waals surface area contributed by atoms with Crippen LogP contribution in [0.5, 0.6) is 0 Å². The molecule has 0 aromatic heterocycles. The van der Waals surface area contributed by atoms with E-state index in [0.29, 0.717) is 0 Å². The summed E-state index contributed by atoms with van der Waals surface area (Å²) >= 11 is 3.53. The van der Waals surface area contributed by atoms with Crippen LogP contribution in [0.25, 0.3) is 0 Å². The van der Waals surface area contributed by atoms with Gasteiger partial charge < -0.3 is 0 Å². The molecule has 2 atom stereocenters. The van der Waals surface area contributed by atoms with Gasteiger partial charge in [0.2, 0.25) is 0 Å². The summed E-state index contributed by atoms with van der Waals surface area (Å²) in [5, 5.41) is 1.15. The van der Waals surface area contributed by atoms with Crippen LogP contribution in [0.1, 0.15) is 25.7 Å². The van der Waals surface area contributed by atoms with E-state index in [1.54, 1.807) is 5.57 Å². The minimum absolute atomic E-state index is 0.891. The highest BCUT2D eigenvalue weighted by Gasteiger charge is 2.32. The molecule has 0 aromatic carbocycles. The van der Waals surface area contributed by atoms with Crippen molar-refractivity contribution in [2.24, 2.45) is 11.8 Å². The average molecular weight is 281 g/mol. The molecule has 1 heterocycles. The zero-order valence-electron chi connectivity index (χ0n) is 10.1. The van der Waals surface area contributed by atoms with Gasteiger partial charge in [-0.2, -0.15) is 0 Å². The highest BCUT2D eigenvalue weighted by Crippen LogP contribution is 2.41. The van der Waals surface area contributed by atoms with Crippen LogP contribution in [0.3, 0.4) is 0 Å². The van der Waals surface area contributed by atoms with E-state index in [2.05, 4.69) is 34.7 Å². The summed E-state index contributed by atoms with van der Waals surface area (Å²) in [6, 6.07) is 0. The third-order valence-electron chi connectivity index (χ3n) is 4.09. The largest absolute Gasteiger partial charge is 0.144 e. The van der Waals surface area contributed by atoms with Crippen LogP contribution in [0, 0.1) is 11.8 Å². The molecule has 88 valence electrons. The Balaban J connectivity index is 1.92. The molecule has 16 heavy (non-hydrogen) atoms. The van der Waals surface area contributed by atoms with E-state index in [9.17, 15) is 0 Å². The molecule has 2 bridgehead atoms. The van der Waals surface area contributed by atoms with Crippen LogP contribution in [-0.4, -0.2) is 12.0 Å². The van der Waals surface area contributed by atoms with Crippen molar-refractivity contribution in [2.45, 2.75) is 44.6 Å². The number of allylic oxidation sites excluding steroid dienone is 3. The van der Waals surface area contributed by atoms with Crippen LogP contribution in [0.4, 0.5) is 0 Å². The van der Waals surface area contributed by atoms with Gasteiger partial charge in [0, 0.05) is 5.33 Å². The maximum atomic E-state index is 3.88. The average Bonchev–Trinajstić information content (AvgIpc) is 2.25. The van der Waals surface area contributed by atoms with Crippen molar-refractivity contribution in [2.75, 3.05) is 5.33 Å². The fourth-order valence-corrected chi connectivity index (χ4v) is 3.88. The quantitative estimate of drug-likeness (QED) is 0.385. The summed E-state index contributed by atoms with van der Waals surface area (Å²) in [5.41, 5.74) is 1.75. The molecule has 1 fully saturated rings. The first-order valence-electron chi connectivity index (χ1n) is 6.68. The van der Waals surface area contributed by atoms with Crippen LogP contribution in [0.2, 0.25) is 19.0 Å².